The molecule has 1 aromatic carbocycles. The first-order valence-corrected chi connectivity index (χ1v) is 7.88. The van der Waals surface area contributed by atoms with Crippen molar-refractivity contribution >= 4 is 11.9 Å². The number of carboxylic acids is 1. The van der Waals surface area contributed by atoms with Gasteiger partial charge in [0, 0.05) is 24.9 Å². The van der Waals surface area contributed by atoms with Gasteiger partial charge in [0.15, 0.2) is 0 Å². The number of hydrogen-bond donors (Lipinski definition) is 2. The van der Waals surface area contributed by atoms with E-state index < -0.39 is 5.97 Å². The molecule has 5 heteroatoms. The normalized spacial score (nSPS) is 14.2. The van der Waals surface area contributed by atoms with E-state index in [0.717, 1.165) is 24.2 Å². The van der Waals surface area contributed by atoms with E-state index in [1.165, 1.54) is 6.42 Å². The highest BCUT2D eigenvalue weighted by molar-refractivity contribution is 5.76. The number of hydrogen-bond acceptors (Lipinski definition) is 3. The highest BCUT2D eigenvalue weighted by atomic mass is 16.5. The van der Waals surface area contributed by atoms with Crippen molar-refractivity contribution in [2.24, 2.45) is 0 Å². The zero-order chi connectivity index (χ0) is 15.8. The van der Waals surface area contributed by atoms with Gasteiger partial charge in [0.05, 0.1) is 6.10 Å². The Balaban J connectivity index is 1.73. The fourth-order valence-electron chi connectivity index (χ4n) is 2.28. The van der Waals surface area contributed by atoms with E-state index in [-0.39, 0.29) is 12.3 Å². The predicted molar refractivity (Wildman–Crippen MR) is 82.7 cm³/mol. The summed E-state index contributed by atoms with van der Waals surface area (Å²) in [6.45, 7) is 0.445. The molecule has 2 rings (SSSR count). The molecule has 0 heterocycles. The van der Waals surface area contributed by atoms with Crippen molar-refractivity contribution in [3.63, 3.8) is 0 Å². The summed E-state index contributed by atoms with van der Waals surface area (Å²) in [6.07, 6.45) is 5.34. The highest BCUT2D eigenvalue weighted by Crippen LogP contribution is 2.27. The summed E-state index contributed by atoms with van der Waals surface area (Å²) in [5.74, 6) is -0.0234. The Hall–Kier alpha value is -2.04. The minimum atomic E-state index is -0.817. The molecule has 1 fully saturated rings. The van der Waals surface area contributed by atoms with E-state index in [0.29, 0.717) is 31.9 Å². The zero-order valence-corrected chi connectivity index (χ0v) is 12.7. The summed E-state index contributed by atoms with van der Waals surface area (Å²) in [4.78, 5) is 22.2. The number of aliphatic carboxylic acids is 1. The molecular weight excluding hydrogens is 282 g/mol. The summed E-state index contributed by atoms with van der Waals surface area (Å²) in [5.41, 5.74) is 0.980. The number of carbonyl (C=O) groups excluding carboxylic acids is 1. The number of ether oxygens (including phenoxy) is 1. The zero-order valence-electron chi connectivity index (χ0n) is 12.7. The predicted octanol–water partition coefficient (Wildman–Crippen LogP) is 2.88. The average Bonchev–Trinajstić information content (AvgIpc) is 2.46. The van der Waals surface area contributed by atoms with Crippen LogP contribution in [0.15, 0.2) is 24.3 Å². The van der Waals surface area contributed by atoms with Crippen molar-refractivity contribution in [3.8, 4) is 5.75 Å². The lowest BCUT2D eigenvalue weighted by Crippen LogP contribution is -2.26. The molecule has 1 saturated carbocycles. The largest absolute Gasteiger partial charge is 0.490 e. The molecule has 1 aliphatic carbocycles. The van der Waals surface area contributed by atoms with Crippen molar-refractivity contribution in [1.82, 2.24) is 5.32 Å². The monoisotopic (exact) mass is 305 g/mol. The topological polar surface area (TPSA) is 75.6 Å². The van der Waals surface area contributed by atoms with Gasteiger partial charge in [-0.2, -0.15) is 0 Å². The number of unbranched alkanes of at least 4 members (excludes halogenated alkanes) is 1. The molecule has 0 aliphatic heterocycles. The maximum Gasteiger partial charge on any atom is 0.303 e. The smallest absolute Gasteiger partial charge is 0.303 e. The van der Waals surface area contributed by atoms with Crippen LogP contribution < -0.4 is 10.1 Å². The van der Waals surface area contributed by atoms with Crippen molar-refractivity contribution in [2.45, 2.75) is 57.6 Å². The van der Waals surface area contributed by atoms with Gasteiger partial charge < -0.3 is 15.2 Å². The first-order valence-electron chi connectivity index (χ1n) is 7.88. The maximum absolute atomic E-state index is 11.8. The fourth-order valence-corrected chi connectivity index (χ4v) is 2.28. The molecule has 1 amide bonds. The quantitative estimate of drug-likeness (QED) is 0.688. The first-order chi connectivity index (χ1) is 10.6. The van der Waals surface area contributed by atoms with Crippen LogP contribution in [-0.4, -0.2) is 23.1 Å². The van der Waals surface area contributed by atoms with E-state index >= 15 is 0 Å². The summed E-state index contributed by atoms with van der Waals surface area (Å²) < 4.78 is 5.92. The summed E-state index contributed by atoms with van der Waals surface area (Å²) in [7, 11) is 0. The molecule has 1 aliphatic rings. The Kier molecular flexibility index (Phi) is 6.25. The van der Waals surface area contributed by atoms with Crippen molar-refractivity contribution < 1.29 is 19.4 Å². The first kappa shape index (κ1) is 16.3. The minimum Gasteiger partial charge on any atom is -0.490 e. The molecule has 0 spiro atoms. The molecule has 0 aromatic heterocycles. The van der Waals surface area contributed by atoms with Gasteiger partial charge in [-0.1, -0.05) is 18.2 Å². The van der Waals surface area contributed by atoms with Crippen LogP contribution in [0.2, 0.25) is 0 Å². The molecule has 0 saturated heterocycles. The third-order valence-corrected chi connectivity index (χ3v) is 3.84. The molecule has 0 atom stereocenters. The molecule has 0 radical (unpaired) electrons. The number of para-hydroxylation sites is 1. The number of rotatable bonds is 9. The number of benzene rings is 1. The molecule has 1 aromatic rings. The Bertz CT molecular complexity index is 511. The van der Waals surface area contributed by atoms with Gasteiger partial charge in [-0.15, -0.1) is 0 Å². The van der Waals surface area contributed by atoms with Crippen LogP contribution in [0.3, 0.4) is 0 Å². The SMILES string of the molecule is O=C(O)CCCCC(=O)NCc1ccccc1OC1CCC1. The summed E-state index contributed by atoms with van der Waals surface area (Å²) >= 11 is 0. The van der Waals surface area contributed by atoms with E-state index in [2.05, 4.69) is 5.32 Å². The van der Waals surface area contributed by atoms with E-state index in [9.17, 15) is 9.59 Å². The van der Waals surface area contributed by atoms with Crippen LogP contribution in [0.4, 0.5) is 0 Å². The lowest BCUT2D eigenvalue weighted by atomic mass is 9.96. The summed E-state index contributed by atoms with van der Waals surface area (Å²) in [6, 6.07) is 7.76. The van der Waals surface area contributed by atoms with Crippen LogP contribution in [0, 0.1) is 0 Å². The van der Waals surface area contributed by atoms with Crippen molar-refractivity contribution in [2.75, 3.05) is 0 Å². The second kappa shape index (κ2) is 8.41. The lowest BCUT2D eigenvalue weighted by Gasteiger charge is -2.27. The Morgan fingerprint density at radius 2 is 1.91 bits per heavy atom. The molecule has 0 unspecified atom stereocenters. The van der Waals surface area contributed by atoms with Crippen LogP contribution >= 0.6 is 0 Å². The molecule has 120 valence electrons. The van der Waals surface area contributed by atoms with Gasteiger partial charge in [0.2, 0.25) is 5.91 Å². The number of carbonyl (C=O) groups is 2. The maximum atomic E-state index is 11.8. The Morgan fingerprint density at radius 3 is 2.59 bits per heavy atom. The van der Waals surface area contributed by atoms with Gasteiger partial charge in [-0.25, -0.2) is 0 Å². The molecule has 2 N–H and O–H groups in total. The average molecular weight is 305 g/mol. The molecule has 22 heavy (non-hydrogen) atoms. The highest BCUT2D eigenvalue weighted by Gasteiger charge is 2.20. The summed E-state index contributed by atoms with van der Waals surface area (Å²) in [5, 5.41) is 11.4. The van der Waals surface area contributed by atoms with Crippen LogP contribution in [0.5, 0.6) is 5.75 Å². The Labute approximate surface area is 130 Å². The van der Waals surface area contributed by atoms with E-state index in [1.807, 2.05) is 24.3 Å². The van der Waals surface area contributed by atoms with E-state index in [4.69, 9.17) is 9.84 Å². The van der Waals surface area contributed by atoms with Gasteiger partial charge in [-0.05, 0) is 38.2 Å². The van der Waals surface area contributed by atoms with Crippen LogP contribution in [0.1, 0.15) is 50.5 Å². The second-order valence-corrected chi connectivity index (χ2v) is 5.66. The van der Waals surface area contributed by atoms with Crippen LogP contribution in [-0.2, 0) is 16.1 Å². The standard InChI is InChI=1S/C17H23NO4/c19-16(10-3-4-11-17(20)21)18-12-13-6-1-2-9-15(13)22-14-7-5-8-14/h1-2,6,9,14H,3-5,7-8,10-12H2,(H,18,19)(H,20,21). The minimum absolute atomic E-state index is 0.0520. The lowest BCUT2D eigenvalue weighted by molar-refractivity contribution is -0.137. The van der Waals surface area contributed by atoms with E-state index in [1.54, 1.807) is 0 Å². The van der Waals surface area contributed by atoms with Gasteiger partial charge in [0.1, 0.15) is 5.75 Å². The third-order valence-electron chi connectivity index (χ3n) is 3.84. The molecule has 5 nitrogen and oxygen atoms in total. The van der Waals surface area contributed by atoms with Crippen molar-refractivity contribution in [3.05, 3.63) is 29.8 Å². The second-order valence-electron chi connectivity index (χ2n) is 5.66. The number of amides is 1. The van der Waals surface area contributed by atoms with Gasteiger partial charge in [0.25, 0.3) is 0 Å². The molecular formula is C17H23NO4. The fraction of sp³-hybridized carbons (Fsp3) is 0.529. The van der Waals surface area contributed by atoms with Gasteiger partial charge in [-0.3, -0.25) is 9.59 Å². The number of nitrogens with one attached hydrogen (secondary N) is 1. The number of carboxylic acid groups (broad SMARTS) is 1. The molecule has 0 bridgehead atoms. The van der Waals surface area contributed by atoms with Gasteiger partial charge >= 0.3 is 5.97 Å². The third kappa shape index (κ3) is 5.39. The Morgan fingerprint density at radius 1 is 1.18 bits per heavy atom. The van der Waals surface area contributed by atoms with Crippen molar-refractivity contribution in [1.29, 1.82) is 0 Å². The van der Waals surface area contributed by atoms with Crippen LogP contribution in [0.25, 0.3) is 0 Å².